The SMILES string of the molecule is Cc1nsc(SCc2ccc(C(=O)O)o2)n1. The number of nitrogens with zero attached hydrogens (tertiary/aromatic N) is 2. The maximum atomic E-state index is 10.6. The number of furan rings is 1. The quantitative estimate of drug-likeness (QED) is 0.847. The van der Waals surface area contributed by atoms with Gasteiger partial charge in [-0.2, -0.15) is 4.37 Å². The van der Waals surface area contributed by atoms with Crippen LogP contribution in [0.2, 0.25) is 0 Å². The number of carboxylic acids is 1. The minimum Gasteiger partial charge on any atom is -0.475 e. The Balaban J connectivity index is 1.97. The second kappa shape index (κ2) is 4.67. The lowest BCUT2D eigenvalue weighted by molar-refractivity contribution is 0.0661. The lowest BCUT2D eigenvalue weighted by atomic mass is 10.4. The van der Waals surface area contributed by atoms with E-state index in [0.29, 0.717) is 11.5 Å². The number of carboxylic acid groups (broad SMARTS) is 1. The topological polar surface area (TPSA) is 76.2 Å². The summed E-state index contributed by atoms with van der Waals surface area (Å²) < 4.78 is 10.0. The molecule has 0 radical (unpaired) electrons. The minimum absolute atomic E-state index is 0.0379. The van der Waals surface area contributed by atoms with E-state index in [1.165, 1.54) is 29.4 Å². The molecule has 0 saturated carbocycles. The van der Waals surface area contributed by atoms with Gasteiger partial charge >= 0.3 is 5.97 Å². The summed E-state index contributed by atoms with van der Waals surface area (Å²) in [6.07, 6.45) is 0. The molecule has 0 atom stereocenters. The number of aromatic carboxylic acids is 1. The average Bonchev–Trinajstić information content (AvgIpc) is 2.83. The zero-order valence-corrected chi connectivity index (χ0v) is 9.97. The summed E-state index contributed by atoms with van der Waals surface area (Å²) in [6.45, 7) is 1.83. The average molecular weight is 256 g/mol. The fourth-order valence-corrected chi connectivity index (χ4v) is 2.58. The van der Waals surface area contributed by atoms with E-state index < -0.39 is 5.97 Å². The normalized spacial score (nSPS) is 10.6. The number of thioether (sulfide) groups is 1. The highest BCUT2D eigenvalue weighted by Gasteiger charge is 2.09. The van der Waals surface area contributed by atoms with Crippen molar-refractivity contribution >= 4 is 29.3 Å². The summed E-state index contributed by atoms with van der Waals surface area (Å²) in [5.41, 5.74) is 0. The van der Waals surface area contributed by atoms with Crippen molar-refractivity contribution in [3.8, 4) is 0 Å². The van der Waals surface area contributed by atoms with Crippen molar-refractivity contribution in [3.05, 3.63) is 29.5 Å². The van der Waals surface area contributed by atoms with E-state index >= 15 is 0 Å². The number of aromatic nitrogens is 2. The number of rotatable bonds is 4. The number of hydrogen-bond donors (Lipinski definition) is 1. The van der Waals surface area contributed by atoms with E-state index in [4.69, 9.17) is 9.52 Å². The maximum absolute atomic E-state index is 10.6. The minimum atomic E-state index is -1.05. The monoisotopic (exact) mass is 256 g/mol. The molecule has 0 saturated heterocycles. The predicted octanol–water partition coefficient (Wildman–Crippen LogP) is 2.43. The molecule has 0 aliphatic rings. The molecule has 5 nitrogen and oxygen atoms in total. The predicted molar refractivity (Wildman–Crippen MR) is 59.9 cm³/mol. The lowest BCUT2D eigenvalue weighted by Crippen LogP contribution is -1.91. The van der Waals surface area contributed by atoms with Crippen molar-refractivity contribution in [1.82, 2.24) is 9.36 Å². The van der Waals surface area contributed by atoms with E-state index in [2.05, 4.69) is 9.36 Å². The first kappa shape index (κ1) is 11.2. The Bertz CT molecular complexity index is 506. The summed E-state index contributed by atoms with van der Waals surface area (Å²) in [6, 6.07) is 3.11. The van der Waals surface area contributed by atoms with Crippen molar-refractivity contribution < 1.29 is 14.3 Å². The van der Waals surface area contributed by atoms with E-state index in [0.717, 1.165) is 10.2 Å². The molecule has 2 aromatic rings. The molecule has 0 fully saturated rings. The highest BCUT2D eigenvalue weighted by molar-refractivity contribution is 8.00. The molecule has 0 unspecified atom stereocenters. The van der Waals surface area contributed by atoms with E-state index in [1.54, 1.807) is 6.07 Å². The van der Waals surface area contributed by atoms with Gasteiger partial charge in [-0.05, 0) is 30.6 Å². The first-order valence-corrected chi connectivity index (χ1v) is 6.16. The summed E-state index contributed by atoms with van der Waals surface area (Å²) in [4.78, 5) is 14.8. The Morgan fingerprint density at radius 2 is 2.44 bits per heavy atom. The summed E-state index contributed by atoms with van der Waals surface area (Å²) in [7, 11) is 0. The van der Waals surface area contributed by atoms with Crippen LogP contribution in [0.5, 0.6) is 0 Å². The van der Waals surface area contributed by atoms with Crippen molar-refractivity contribution in [2.75, 3.05) is 0 Å². The first-order chi connectivity index (χ1) is 7.65. The largest absolute Gasteiger partial charge is 0.475 e. The summed E-state index contributed by atoms with van der Waals surface area (Å²) in [5, 5.41) is 8.67. The Hall–Kier alpha value is -1.34. The molecule has 0 amide bonds. The molecule has 16 heavy (non-hydrogen) atoms. The maximum Gasteiger partial charge on any atom is 0.371 e. The second-order valence-corrected chi connectivity index (χ2v) is 4.94. The zero-order chi connectivity index (χ0) is 11.5. The van der Waals surface area contributed by atoms with Crippen LogP contribution in [-0.4, -0.2) is 20.4 Å². The second-order valence-electron chi connectivity index (χ2n) is 2.97. The van der Waals surface area contributed by atoms with Crippen molar-refractivity contribution in [3.63, 3.8) is 0 Å². The molecule has 2 heterocycles. The van der Waals surface area contributed by atoms with E-state index in [1.807, 2.05) is 6.92 Å². The Labute approximate surface area is 99.7 Å². The molecule has 0 spiro atoms. The van der Waals surface area contributed by atoms with Gasteiger partial charge in [-0.25, -0.2) is 9.78 Å². The molecule has 0 aliphatic heterocycles. The lowest BCUT2D eigenvalue weighted by Gasteiger charge is -1.92. The van der Waals surface area contributed by atoms with Crippen LogP contribution in [0.15, 0.2) is 20.9 Å². The fraction of sp³-hybridized carbons (Fsp3) is 0.222. The number of carbonyl (C=O) groups is 1. The highest BCUT2D eigenvalue weighted by Crippen LogP contribution is 2.25. The summed E-state index contributed by atoms with van der Waals surface area (Å²) in [5.74, 6) is 0.836. The number of aryl methyl sites for hydroxylation is 1. The Morgan fingerprint density at radius 3 is 3.00 bits per heavy atom. The van der Waals surface area contributed by atoms with Crippen LogP contribution in [0.25, 0.3) is 0 Å². The molecule has 0 aliphatic carbocycles. The molecule has 2 aromatic heterocycles. The van der Waals surface area contributed by atoms with Gasteiger partial charge in [0.25, 0.3) is 0 Å². The van der Waals surface area contributed by atoms with Crippen molar-refractivity contribution in [2.45, 2.75) is 17.0 Å². The molecule has 0 bridgehead atoms. The van der Waals surface area contributed by atoms with E-state index in [9.17, 15) is 4.79 Å². The van der Waals surface area contributed by atoms with Gasteiger partial charge in [0.1, 0.15) is 11.6 Å². The Morgan fingerprint density at radius 1 is 1.62 bits per heavy atom. The van der Waals surface area contributed by atoms with Crippen LogP contribution in [0, 0.1) is 6.92 Å². The third kappa shape index (κ3) is 2.61. The van der Waals surface area contributed by atoms with Gasteiger partial charge in [-0.1, -0.05) is 11.8 Å². The highest BCUT2D eigenvalue weighted by atomic mass is 32.2. The third-order valence-corrected chi connectivity index (χ3v) is 3.67. The van der Waals surface area contributed by atoms with Crippen LogP contribution in [0.1, 0.15) is 22.1 Å². The Kier molecular flexibility index (Phi) is 3.25. The van der Waals surface area contributed by atoms with Crippen molar-refractivity contribution in [2.24, 2.45) is 0 Å². The molecule has 2 rings (SSSR count). The zero-order valence-electron chi connectivity index (χ0n) is 8.34. The summed E-state index contributed by atoms with van der Waals surface area (Å²) >= 11 is 2.80. The standard InChI is InChI=1S/C9H8N2O3S2/c1-5-10-9(16-11-5)15-4-6-2-3-7(14-6)8(12)13/h2-3H,4H2,1H3,(H,12,13). The van der Waals surface area contributed by atoms with Gasteiger partial charge in [0, 0.05) is 0 Å². The third-order valence-electron chi connectivity index (χ3n) is 1.72. The van der Waals surface area contributed by atoms with Gasteiger partial charge in [0.2, 0.25) is 5.76 Å². The smallest absolute Gasteiger partial charge is 0.371 e. The molecule has 7 heteroatoms. The molecule has 1 N–H and O–H groups in total. The number of hydrogen-bond acceptors (Lipinski definition) is 6. The fourth-order valence-electron chi connectivity index (χ4n) is 1.04. The van der Waals surface area contributed by atoms with E-state index in [-0.39, 0.29) is 5.76 Å². The van der Waals surface area contributed by atoms with Gasteiger partial charge in [0.05, 0.1) is 5.75 Å². The first-order valence-electron chi connectivity index (χ1n) is 4.40. The van der Waals surface area contributed by atoms with Gasteiger partial charge in [-0.15, -0.1) is 0 Å². The van der Waals surface area contributed by atoms with Crippen LogP contribution >= 0.6 is 23.3 Å². The van der Waals surface area contributed by atoms with Gasteiger partial charge in [0.15, 0.2) is 4.34 Å². The molecular formula is C9H8N2O3S2. The van der Waals surface area contributed by atoms with Gasteiger partial charge < -0.3 is 9.52 Å². The van der Waals surface area contributed by atoms with Crippen LogP contribution in [0.4, 0.5) is 0 Å². The van der Waals surface area contributed by atoms with Crippen molar-refractivity contribution in [1.29, 1.82) is 0 Å². The van der Waals surface area contributed by atoms with Crippen LogP contribution in [0.3, 0.4) is 0 Å². The van der Waals surface area contributed by atoms with Gasteiger partial charge in [-0.3, -0.25) is 0 Å². The molecular weight excluding hydrogens is 248 g/mol. The molecule has 84 valence electrons. The molecule has 0 aromatic carbocycles. The van der Waals surface area contributed by atoms with Crippen LogP contribution < -0.4 is 0 Å². The van der Waals surface area contributed by atoms with Crippen LogP contribution in [-0.2, 0) is 5.75 Å².